The third-order valence-corrected chi connectivity index (χ3v) is 9.86. The number of hydrogen-bond acceptors (Lipinski definition) is 8. The zero-order valence-electron chi connectivity index (χ0n) is 30.1. The highest BCUT2D eigenvalue weighted by Gasteiger charge is 2.32. The zero-order valence-corrected chi connectivity index (χ0v) is 30.1. The summed E-state index contributed by atoms with van der Waals surface area (Å²) in [6.45, 7) is 9.18. The molecule has 2 aliphatic rings. The maximum Gasteiger partial charge on any atom is 0.245 e. The number of nitrogens with one attached hydrogen (secondary N) is 2. The van der Waals surface area contributed by atoms with Crippen molar-refractivity contribution in [2.24, 2.45) is 5.92 Å². The van der Waals surface area contributed by atoms with Crippen LogP contribution in [-0.2, 0) is 16.0 Å². The van der Waals surface area contributed by atoms with Crippen LogP contribution < -0.4 is 30.3 Å². The fourth-order valence-corrected chi connectivity index (χ4v) is 6.93. The molecule has 266 valence electrons. The van der Waals surface area contributed by atoms with Crippen molar-refractivity contribution < 1.29 is 23.8 Å². The average molecular weight is 683 g/mol. The van der Waals surface area contributed by atoms with Gasteiger partial charge in [0.25, 0.3) is 0 Å². The molecular formula is C40H50N4O6. The van der Waals surface area contributed by atoms with Crippen LogP contribution in [0.2, 0.25) is 0 Å². The third-order valence-electron chi connectivity index (χ3n) is 9.86. The zero-order chi connectivity index (χ0) is 35.8. The first kappa shape index (κ1) is 36.5. The SMILES string of the molecule is CCC(C)C(Nc1ccc2c(cc1=O)C(NC(C)=O)CCc1cc(OC)c(OC)c(OC)c1-2)C(=O)N1CCN(CC=Cc2ccccc2)CC1. The molecule has 3 atom stereocenters. The number of ether oxygens (including phenoxy) is 3. The lowest BCUT2D eigenvalue weighted by molar-refractivity contribution is -0.134. The number of piperazine rings is 1. The van der Waals surface area contributed by atoms with E-state index in [-0.39, 0.29) is 23.2 Å². The molecule has 2 amide bonds. The Hall–Kier alpha value is -4.83. The van der Waals surface area contributed by atoms with Gasteiger partial charge in [0, 0.05) is 45.2 Å². The number of rotatable bonds is 12. The van der Waals surface area contributed by atoms with Gasteiger partial charge in [-0.2, -0.15) is 0 Å². The predicted molar refractivity (Wildman–Crippen MR) is 198 cm³/mol. The number of aryl methyl sites for hydroxylation is 1. The number of nitrogens with zero attached hydrogens (tertiary/aromatic N) is 2. The molecule has 1 heterocycles. The van der Waals surface area contributed by atoms with Crippen molar-refractivity contribution in [2.75, 3.05) is 59.4 Å². The minimum absolute atomic E-state index is 0.00809. The summed E-state index contributed by atoms with van der Waals surface area (Å²) in [5, 5.41) is 6.43. The lowest BCUT2D eigenvalue weighted by Gasteiger charge is -2.37. The van der Waals surface area contributed by atoms with E-state index in [1.165, 1.54) is 12.5 Å². The van der Waals surface area contributed by atoms with Gasteiger partial charge in [-0.1, -0.05) is 68.8 Å². The molecule has 0 aromatic heterocycles. The minimum atomic E-state index is -0.586. The fourth-order valence-electron chi connectivity index (χ4n) is 6.93. The average Bonchev–Trinajstić information content (AvgIpc) is 3.37. The molecule has 1 fully saturated rings. The van der Waals surface area contributed by atoms with E-state index in [2.05, 4.69) is 46.7 Å². The Morgan fingerprint density at radius 3 is 2.32 bits per heavy atom. The molecule has 0 spiro atoms. The molecule has 50 heavy (non-hydrogen) atoms. The first-order valence-corrected chi connectivity index (χ1v) is 17.5. The number of anilines is 1. The van der Waals surface area contributed by atoms with Gasteiger partial charge in [0.1, 0.15) is 6.04 Å². The number of carbonyl (C=O) groups is 2. The van der Waals surface area contributed by atoms with Crippen LogP contribution in [0.25, 0.3) is 17.2 Å². The van der Waals surface area contributed by atoms with Crippen LogP contribution in [-0.4, -0.2) is 81.7 Å². The molecule has 3 aromatic carbocycles. The predicted octanol–water partition coefficient (Wildman–Crippen LogP) is 5.55. The largest absolute Gasteiger partial charge is 0.493 e. The molecular weight excluding hydrogens is 632 g/mol. The van der Waals surface area contributed by atoms with Crippen LogP contribution >= 0.6 is 0 Å². The Morgan fingerprint density at radius 1 is 0.960 bits per heavy atom. The second kappa shape index (κ2) is 16.7. The second-order valence-corrected chi connectivity index (χ2v) is 13.0. The monoisotopic (exact) mass is 682 g/mol. The van der Waals surface area contributed by atoms with Gasteiger partial charge in [0.15, 0.2) is 11.5 Å². The van der Waals surface area contributed by atoms with Gasteiger partial charge in [0.2, 0.25) is 23.0 Å². The summed E-state index contributed by atoms with van der Waals surface area (Å²) < 4.78 is 17.3. The van der Waals surface area contributed by atoms with Crippen molar-refractivity contribution in [3.05, 3.63) is 87.6 Å². The summed E-state index contributed by atoms with van der Waals surface area (Å²) >= 11 is 0. The van der Waals surface area contributed by atoms with Crippen molar-refractivity contribution in [1.29, 1.82) is 0 Å². The summed E-state index contributed by atoms with van der Waals surface area (Å²) in [5.41, 5.74) is 4.37. The van der Waals surface area contributed by atoms with Gasteiger partial charge in [-0.3, -0.25) is 19.3 Å². The molecule has 1 aliphatic heterocycles. The van der Waals surface area contributed by atoms with Gasteiger partial charge < -0.3 is 29.7 Å². The van der Waals surface area contributed by atoms with E-state index >= 15 is 0 Å². The maximum atomic E-state index is 14.1. The van der Waals surface area contributed by atoms with Gasteiger partial charge >= 0.3 is 0 Å². The summed E-state index contributed by atoms with van der Waals surface area (Å²) in [6, 6.07) is 16.4. The number of benzene rings is 2. The molecule has 2 N–H and O–H groups in total. The minimum Gasteiger partial charge on any atom is -0.493 e. The molecule has 1 saturated heterocycles. The molecule has 0 bridgehead atoms. The number of methoxy groups -OCH3 is 3. The number of amides is 2. The molecule has 5 rings (SSSR count). The van der Waals surface area contributed by atoms with Crippen LogP contribution in [0.3, 0.4) is 0 Å². The Bertz CT molecular complexity index is 1750. The smallest absolute Gasteiger partial charge is 0.245 e. The van der Waals surface area contributed by atoms with E-state index in [1.54, 1.807) is 33.5 Å². The first-order chi connectivity index (χ1) is 24.2. The lowest BCUT2D eigenvalue weighted by Crippen LogP contribution is -2.54. The van der Waals surface area contributed by atoms with Crippen LogP contribution in [0, 0.1) is 5.92 Å². The quantitative estimate of drug-likeness (QED) is 0.256. The third kappa shape index (κ3) is 8.13. The Morgan fingerprint density at radius 2 is 1.68 bits per heavy atom. The van der Waals surface area contributed by atoms with E-state index in [1.807, 2.05) is 42.2 Å². The molecule has 3 aromatic rings. The Labute approximate surface area is 295 Å². The van der Waals surface area contributed by atoms with Gasteiger partial charge in [-0.15, -0.1) is 0 Å². The van der Waals surface area contributed by atoms with E-state index < -0.39 is 12.1 Å². The van der Waals surface area contributed by atoms with Crippen LogP contribution in [0.15, 0.2) is 65.5 Å². The van der Waals surface area contributed by atoms with Crippen molar-refractivity contribution in [3.8, 4) is 28.4 Å². The molecule has 1 aliphatic carbocycles. The highest BCUT2D eigenvalue weighted by molar-refractivity contribution is 5.86. The van der Waals surface area contributed by atoms with Crippen molar-refractivity contribution in [3.63, 3.8) is 0 Å². The summed E-state index contributed by atoms with van der Waals surface area (Å²) in [4.78, 5) is 44.7. The standard InChI is InChI=1S/C40H50N4O6/c1-7-26(2)37(40(47)44-22-20-43(21-23-44)19-11-14-28-12-9-8-10-13-28)42-33-18-16-30-31(25-34(33)46)32(41-27(3)45)17-15-29-24-35(48-4)38(49-5)39(50-6)36(29)30/h8-14,16,18,24-26,32,37H,7,15,17,19-23H2,1-6H3,(H,41,45)(H,42,46). The highest BCUT2D eigenvalue weighted by Crippen LogP contribution is 2.50. The summed E-state index contributed by atoms with van der Waals surface area (Å²) in [7, 11) is 4.71. The molecule has 3 unspecified atom stereocenters. The van der Waals surface area contributed by atoms with Crippen molar-refractivity contribution >= 4 is 23.6 Å². The van der Waals surface area contributed by atoms with Gasteiger partial charge in [-0.25, -0.2) is 0 Å². The second-order valence-electron chi connectivity index (χ2n) is 13.0. The lowest BCUT2D eigenvalue weighted by atomic mass is 9.95. The van der Waals surface area contributed by atoms with E-state index in [4.69, 9.17) is 14.2 Å². The van der Waals surface area contributed by atoms with Crippen LogP contribution in [0.4, 0.5) is 5.69 Å². The van der Waals surface area contributed by atoms with Crippen molar-refractivity contribution in [1.82, 2.24) is 15.1 Å². The Kier molecular flexibility index (Phi) is 12.2. The Balaban J connectivity index is 1.44. The van der Waals surface area contributed by atoms with E-state index in [9.17, 15) is 14.4 Å². The summed E-state index contributed by atoms with van der Waals surface area (Å²) in [6.07, 6.45) is 6.22. The highest BCUT2D eigenvalue weighted by atomic mass is 16.5. The normalized spacial score (nSPS) is 17.2. The molecule has 0 saturated carbocycles. The van der Waals surface area contributed by atoms with E-state index in [0.29, 0.717) is 54.4 Å². The number of hydrogen-bond donors (Lipinski definition) is 2. The molecule has 10 heteroatoms. The van der Waals surface area contributed by atoms with Crippen molar-refractivity contribution in [2.45, 2.75) is 52.1 Å². The summed E-state index contributed by atoms with van der Waals surface area (Å²) in [5.74, 6) is 1.24. The van der Waals surface area contributed by atoms with Gasteiger partial charge in [0.05, 0.1) is 33.1 Å². The number of carbonyl (C=O) groups excluding carboxylic acids is 2. The molecule has 0 radical (unpaired) electrons. The van der Waals surface area contributed by atoms with E-state index in [0.717, 1.165) is 42.7 Å². The fraction of sp³-hybridized carbons (Fsp3) is 0.425. The van der Waals surface area contributed by atoms with Crippen LogP contribution in [0.5, 0.6) is 17.2 Å². The maximum absolute atomic E-state index is 14.1. The topological polar surface area (TPSA) is 109 Å². The molecule has 10 nitrogen and oxygen atoms in total. The first-order valence-electron chi connectivity index (χ1n) is 17.5. The van der Waals surface area contributed by atoms with Crippen LogP contribution in [0.1, 0.15) is 56.3 Å². The number of fused-ring (bicyclic) bond motifs is 3. The van der Waals surface area contributed by atoms with Gasteiger partial charge in [-0.05, 0) is 59.2 Å².